The van der Waals surface area contributed by atoms with Gasteiger partial charge in [0.2, 0.25) is 5.91 Å². The van der Waals surface area contributed by atoms with E-state index in [4.69, 9.17) is 4.74 Å². The summed E-state index contributed by atoms with van der Waals surface area (Å²) in [5.74, 6) is -0.470. The molecule has 0 spiro atoms. The fourth-order valence-corrected chi connectivity index (χ4v) is 4.99. The summed E-state index contributed by atoms with van der Waals surface area (Å²) in [5, 5.41) is 9.64. The lowest BCUT2D eigenvalue weighted by Crippen LogP contribution is -2.49. The number of carbonyl (C=O) groups is 2. The van der Waals surface area contributed by atoms with Crippen molar-refractivity contribution in [2.45, 2.75) is 38.0 Å². The molecule has 3 fully saturated rings. The second-order valence-corrected chi connectivity index (χ2v) is 8.17. The van der Waals surface area contributed by atoms with Crippen LogP contribution in [0.2, 0.25) is 0 Å². The van der Waals surface area contributed by atoms with Gasteiger partial charge in [-0.15, -0.1) is 0 Å². The first-order valence-electron chi connectivity index (χ1n) is 9.69. The standard InChI is InChI=1S/C21H27NO4/c1-14-4-2-3-5-18(14)21(8-10-26-11-9-21)20(25)22-12-16(15-6-7-15)17(13-22)19(23)24/h2-5,15-17H,6-13H2,1H3,(H,23,24)/t16-,17+/m1/s1. The zero-order valence-electron chi connectivity index (χ0n) is 15.3. The third kappa shape index (κ3) is 2.92. The molecule has 2 saturated heterocycles. The SMILES string of the molecule is Cc1ccccc1C1(C(=O)N2C[C@H](C(=O)O)[C@@H](C3CC3)C2)CCOCC1. The van der Waals surface area contributed by atoms with Gasteiger partial charge in [0.05, 0.1) is 11.3 Å². The minimum absolute atomic E-state index is 0.101. The highest BCUT2D eigenvalue weighted by Crippen LogP contribution is 2.46. The Morgan fingerprint density at radius 1 is 1.15 bits per heavy atom. The van der Waals surface area contributed by atoms with Crippen molar-refractivity contribution in [1.82, 2.24) is 4.90 Å². The van der Waals surface area contributed by atoms with Crippen molar-refractivity contribution in [3.8, 4) is 0 Å². The Balaban J connectivity index is 1.65. The Labute approximate surface area is 154 Å². The maximum Gasteiger partial charge on any atom is 0.308 e. The van der Waals surface area contributed by atoms with Gasteiger partial charge in [-0.25, -0.2) is 0 Å². The Morgan fingerprint density at radius 3 is 2.46 bits per heavy atom. The number of hydrogen-bond acceptors (Lipinski definition) is 3. The summed E-state index contributed by atoms with van der Waals surface area (Å²) in [6.45, 7) is 4.14. The molecule has 1 amide bonds. The van der Waals surface area contributed by atoms with Gasteiger partial charge in [-0.3, -0.25) is 9.59 Å². The number of carbonyl (C=O) groups excluding carboxylic acids is 1. The van der Waals surface area contributed by atoms with Crippen LogP contribution in [0.3, 0.4) is 0 Å². The quantitative estimate of drug-likeness (QED) is 0.899. The first-order valence-corrected chi connectivity index (χ1v) is 9.69. The largest absolute Gasteiger partial charge is 0.481 e. The molecule has 1 aromatic rings. The molecule has 26 heavy (non-hydrogen) atoms. The molecule has 1 aliphatic carbocycles. The summed E-state index contributed by atoms with van der Waals surface area (Å²) >= 11 is 0. The molecule has 2 aliphatic heterocycles. The molecule has 2 heterocycles. The summed E-state index contributed by atoms with van der Waals surface area (Å²) in [6, 6.07) is 8.10. The molecule has 140 valence electrons. The normalized spacial score (nSPS) is 28.1. The Kier molecular flexibility index (Phi) is 4.51. The molecular formula is C21H27NO4. The van der Waals surface area contributed by atoms with Crippen LogP contribution in [0, 0.1) is 24.7 Å². The molecule has 0 radical (unpaired) electrons. The van der Waals surface area contributed by atoms with Crippen molar-refractivity contribution in [1.29, 1.82) is 0 Å². The van der Waals surface area contributed by atoms with Crippen LogP contribution in [-0.2, 0) is 19.7 Å². The minimum Gasteiger partial charge on any atom is -0.481 e. The van der Waals surface area contributed by atoms with E-state index in [1.165, 1.54) is 0 Å². The van der Waals surface area contributed by atoms with Crippen LogP contribution in [0.5, 0.6) is 0 Å². The van der Waals surface area contributed by atoms with Crippen LogP contribution in [0.1, 0.15) is 36.8 Å². The summed E-state index contributed by atoms with van der Waals surface area (Å²) in [5.41, 5.74) is 1.62. The Bertz CT molecular complexity index is 706. The third-order valence-corrected chi connectivity index (χ3v) is 6.61. The van der Waals surface area contributed by atoms with Crippen molar-refractivity contribution in [2.75, 3.05) is 26.3 Å². The molecule has 5 nitrogen and oxygen atoms in total. The van der Waals surface area contributed by atoms with E-state index in [9.17, 15) is 14.7 Å². The maximum atomic E-state index is 13.7. The first-order chi connectivity index (χ1) is 12.5. The van der Waals surface area contributed by atoms with Crippen LogP contribution in [0.15, 0.2) is 24.3 Å². The molecule has 4 rings (SSSR count). The fraction of sp³-hybridized carbons (Fsp3) is 0.619. The van der Waals surface area contributed by atoms with Gasteiger partial charge in [0, 0.05) is 26.3 Å². The van der Waals surface area contributed by atoms with E-state index >= 15 is 0 Å². The van der Waals surface area contributed by atoms with E-state index < -0.39 is 17.3 Å². The van der Waals surface area contributed by atoms with Crippen LogP contribution in [0.25, 0.3) is 0 Å². The fourth-order valence-electron chi connectivity index (χ4n) is 4.99. The molecule has 0 bridgehead atoms. The van der Waals surface area contributed by atoms with Crippen LogP contribution < -0.4 is 0 Å². The second kappa shape index (κ2) is 6.69. The van der Waals surface area contributed by atoms with Crippen molar-refractivity contribution in [3.63, 3.8) is 0 Å². The zero-order chi connectivity index (χ0) is 18.3. The van der Waals surface area contributed by atoms with Gasteiger partial charge in [-0.1, -0.05) is 24.3 Å². The highest BCUT2D eigenvalue weighted by Gasteiger charge is 2.51. The number of hydrogen-bond donors (Lipinski definition) is 1. The highest BCUT2D eigenvalue weighted by molar-refractivity contribution is 5.90. The van der Waals surface area contributed by atoms with Gasteiger partial charge in [0.15, 0.2) is 0 Å². The molecule has 0 aromatic heterocycles. The Hall–Kier alpha value is -1.88. The van der Waals surface area contributed by atoms with Crippen LogP contribution in [0.4, 0.5) is 0 Å². The van der Waals surface area contributed by atoms with Gasteiger partial charge < -0.3 is 14.7 Å². The minimum atomic E-state index is -0.755. The number of nitrogens with zero attached hydrogens (tertiary/aromatic N) is 1. The van der Waals surface area contributed by atoms with Crippen molar-refractivity contribution >= 4 is 11.9 Å². The third-order valence-electron chi connectivity index (χ3n) is 6.61. The predicted octanol–water partition coefficient (Wildman–Crippen LogP) is 2.61. The molecule has 1 saturated carbocycles. The van der Waals surface area contributed by atoms with Gasteiger partial charge in [0.1, 0.15) is 0 Å². The smallest absolute Gasteiger partial charge is 0.308 e. The second-order valence-electron chi connectivity index (χ2n) is 8.17. The summed E-state index contributed by atoms with van der Waals surface area (Å²) in [4.78, 5) is 27.3. The number of carboxylic acid groups (broad SMARTS) is 1. The number of aliphatic carboxylic acids is 1. The van der Waals surface area contributed by atoms with Crippen LogP contribution >= 0.6 is 0 Å². The predicted molar refractivity (Wildman–Crippen MR) is 96.8 cm³/mol. The van der Waals surface area contributed by atoms with E-state index in [1.54, 1.807) is 0 Å². The maximum absolute atomic E-state index is 13.7. The van der Waals surface area contributed by atoms with Crippen LogP contribution in [-0.4, -0.2) is 48.2 Å². The molecular weight excluding hydrogens is 330 g/mol. The summed E-state index contributed by atoms with van der Waals surface area (Å²) in [7, 11) is 0. The van der Waals surface area contributed by atoms with Crippen molar-refractivity contribution in [3.05, 3.63) is 35.4 Å². The van der Waals surface area contributed by atoms with Gasteiger partial charge in [-0.2, -0.15) is 0 Å². The summed E-state index contributed by atoms with van der Waals surface area (Å²) < 4.78 is 5.56. The molecule has 1 aromatic carbocycles. The van der Waals surface area contributed by atoms with E-state index in [1.807, 2.05) is 17.0 Å². The number of likely N-dealkylation sites (tertiary alicyclic amines) is 1. The monoisotopic (exact) mass is 357 g/mol. The highest BCUT2D eigenvalue weighted by atomic mass is 16.5. The first kappa shape index (κ1) is 17.5. The average molecular weight is 357 g/mol. The van der Waals surface area contributed by atoms with E-state index in [0.29, 0.717) is 45.1 Å². The van der Waals surface area contributed by atoms with Crippen molar-refractivity contribution < 1.29 is 19.4 Å². The number of amides is 1. The number of carboxylic acids is 1. The van der Waals surface area contributed by atoms with E-state index in [2.05, 4.69) is 19.1 Å². The van der Waals surface area contributed by atoms with Gasteiger partial charge >= 0.3 is 5.97 Å². The number of aryl methyl sites for hydroxylation is 1. The molecule has 1 N–H and O–H groups in total. The average Bonchev–Trinajstić information content (AvgIpc) is 3.40. The molecule has 3 aliphatic rings. The lowest BCUT2D eigenvalue weighted by Gasteiger charge is -2.40. The van der Waals surface area contributed by atoms with Crippen molar-refractivity contribution in [2.24, 2.45) is 17.8 Å². The molecule has 5 heteroatoms. The number of rotatable bonds is 4. The topological polar surface area (TPSA) is 66.8 Å². The Morgan fingerprint density at radius 2 is 1.85 bits per heavy atom. The molecule has 2 atom stereocenters. The number of benzene rings is 1. The van der Waals surface area contributed by atoms with E-state index in [-0.39, 0.29) is 11.8 Å². The lowest BCUT2D eigenvalue weighted by atomic mass is 9.71. The van der Waals surface area contributed by atoms with Gasteiger partial charge in [0.25, 0.3) is 0 Å². The van der Waals surface area contributed by atoms with Gasteiger partial charge in [-0.05, 0) is 55.6 Å². The zero-order valence-corrected chi connectivity index (χ0v) is 15.3. The van der Waals surface area contributed by atoms with E-state index in [0.717, 1.165) is 24.0 Å². The molecule has 0 unspecified atom stereocenters. The lowest BCUT2D eigenvalue weighted by molar-refractivity contribution is -0.143. The summed E-state index contributed by atoms with van der Waals surface area (Å²) in [6.07, 6.45) is 3.54. The number of ether oxygens (including phenoxy) is 1.